The average molecular weight is 257 g/mol. The van der Waals surface area contributed by atoms with Crippen molar-refractivity contribution in [1.82, 2.24) is 0 Å². The van der Waals surface area contributed by atoms with Crippen LogP contribution in [0.5, 0.6) is 5.75 Å². The molecule has 14 heavy (non-hydrogen) atoms. The number of aliphatic carboxylic acids is 1. The van der Waals surface area contributed by atoms with Gasteiger partial charge in [0.15, 0.2) is 0 Å². The third-order valence-corrected chi connectivity index (χ3v) is 2.42. The first-order valence-electron chi connectivity index (χ1n) is 3.82. The predicted molar refractivity (Wildman–Crippen MR) is 57.4 cm³/mol. The fraction of sp³-hybridized carbons (Fsp3) is 0.100. The Kier molecular flexibility index (Phi) is 3.30. The Morgan fingerprint density at radius 2 is 2.21 bits per heavy atom. The molecule has 0 aliphatic carbocycles. The van der Waals surface area contributed by atoms with Crippen LogP contribution in [-0.2, 0) is 4.79 Å². The third-order valence-electron chi connectivity index (χ3n) is 1.76. The molecule has 0 radical (unpaired) electrons. The van der Waals surface area contributed by atoms with Gasteiger partial charge in [-0.25, -0.2) is 4.79 Å². The number of hydrogen-bond donors (Lipinski definition) is 1. The van der Waals surface area contributed by atoms with E-state index in [4.69, 9.17) is 9.84 Å². The molecule has 3 nitrogen and oxygen atoms in total. The van der Waals surface area contributed by atoms with Gasteiger partial charge in [0.1, 0.15) is 5.75 Å². The van der Waals surface area contributed by atoms with Crippen molar-refractivity contribution >= 4 is 27.5 Å². The maximum Gasteiger partial charge on any atom is 0.335 e. The lowest BCUT2D eigenvalue weighted by Crippen LogP contribution is -1.98. The van der Waals surface area contributed by atoms with E-state index in [1.54, 1.807) is 25.3 Å². The maximum absolute atomic E-state index is 10.7. The van der Waals surface area contributed by atoms with Gasteiger partial charge in [-0.05, 0) is 18.2 Å². The summed E-state index contributed by atoms with van der Waals surface area (Å²) in [5, 5.41) is 8.73. The first kappa shape index (κ1) is 10.8. The van der Waals surface area contributed by atoms with Crippen LogP contribution in [0.25, 0.3) is 5.57 Å². The highest BCUT2D eigenvalue weighted by Gasteiger charge is 2.11. The summed E-state index contributed by atoms with van der Waals surface area (Å²) >= 11 is 3.25. The molecule has 0 aliphatic rings. The van der Waals surface area contributed by atoms with Crippen molar-refractivity contribution in [2.24, 2.45) is 0 Å². The lowest BCUT2D eigenvalue weighted by atomic mass is 10.1. The summed E-state index contributed by atoms with van der Waals surface area (Å²) in [6.07, 6.45) is 0. The van der Waals surface area contributed by atoms with Crippen molar-refractivity contribution in [1.29, 1.82) is 0 Å². The van der Waals surface area contributed by atoms with Gasteiger partial charge >= 0.3 is 5.97 Å². The monoisotopic (exact) mass is 256 g/mol. The van der Waals surface area contributed by atoms with E-state index < -0.39 is 5.97 Å². The lowest BCUT2D eigenvalue weighted by Gasteiger charge is -2.06. The number of carboxylic acids is 1. The average Bonchev–Trinajstić information content (AvgIpc) is 2.16. The summed E-state index contributed by atoms with van der Waals surface area (Å²) in [5.41, 5.74) is 0.609. The number of ether oxygens (including phenoxy) is 1. The molecule has 1 rings (SSSR count). The van der Waals surface area contributed by atoms with Gasteiger partial charge in [0.05, 0.1) is 12.7 Å². The molecule has 0 saturated heterocycles. The highest BCUT2D eigenvalue weighted by Crippen LogP contribution is 2.27. The second-order valence-corrected chi connectivity index (χ2v) is 3.48. The maximum atomic E-state index is 10.7. The molecule has 0 spiro atoms. The van der Waals surface area contributed by atoms with Gasteiger partial charge in [-0.1, -0.05) is 22.5 Å². The molecule has 0 amide bonds. The van der Waals surface area contributed by atoms with Crippen LogP contribution in [0.15, 0.2) is 29.3 Å². The van der Waals surface area contributed by atoms with E-state index in [1.807, 2.05) is 0 Å². The molecular formula is C10H9BrO3. The number of carboxylic acid groups (broad SMARTS) is 1. The second kappa shape index (κ2) is 4.28. The topological polar surface area (TPSA) is 46.5 Å². The quantitative estimate of drug-likeness (QED) is 0.846. The molecule has 0 aliphatic heterocycles. The van der Waals surface area contributed by atoms with Crippen LogP contribution in [0.2, 0.25) is 0 Å². The number of hydrogen-bond acceptors (Lipinski definition) is 2. The normalized spacial score (nSPS) is 9.57. The highest BCUT2D eigenvalue weighted by molar-refractivity contribution is 9.10. The molecule has 0 fully saturated rings. The van der Waals surface area contributed by atoms with Crippen LogP contribution in [0.3, 0.4) is 0 Å². The van der Waals surface area contributed by atoms with Gasteiger partial charge in [-0.15, -0.1) is 0 Å². The van der Waals surface area contributed by atoms with Crippen molar-refractivity contribution in [3.8, 4) is 5.75 Å². The molecule has 0 bridgehead atoms. The molecule has 1 aromatic rings. The van der Waals surface area contributed by atoms with Crippen molar-refractivity contribution in [3.05, 3.63) is 34.8 Å². The number of rotatable bonds is 3. The van der Waals surface area contributed by atoms with E-state index in [0.717, 1.165) is 0 Å². The van der Waals surface area contributed by atoms with Gasteiger partial charge in [-0.2, -0.15) is 0 Å². The molecule has 0 heterocycles. The molecule has 74 valence electrons. The minimum Gasteiger partial charge on any atom is -0.497 e. The van der Waals surface area contributed by atoms with Crippen molar-refractivity contribution in [2.75, 3.05) is 7.11 Å². The molecule has 0 aromatic heterocycles. The van der Waals surface area contributed by atoms with Crippen LogP contribution < -0.4 is 4.74 Å². The Morgan fingerprint density at radius 3 is 2.64 bits per heavy atom. The minimum absolute atomic E-state index is 0.0551. The smallest absolute Gasteiger partial charge is 0.335 e. The molecule has 0 unspecified atom stereocenters. The third kappa shape index (κ3) is 2.14. The molecule has 1 aromatic carbocycles. The summed E-state index contributed by atoms with van der Waals surface area (Å²) in [4.78, 5) is 10.7. The van der Waals surface area contributed by atoms with Crippen LogP contribution in [0.1, 0.15) is 5.56 Å². The zero-order valence-corrected chi connectivity index (χ0v) is 9.17. The fourth-order valence-electron chi connectivity index (χ4n) is 0.983. The van der Waals surface area contributed by atoms with Crippen LogP contribution >= 0.6 is 15.9 Å². The van der Waals surface area contributed by atoms with Crippen LogP contribution in [0, 0.1) is 0 Å². The van der Waals surface area contributed by atoms with E-state index in [0.29, 0.717) is 15.8 Å². The first-order valence-corrected chi connectivity index (χ1v) is 4.61. The van der Waals surface area contributed by atoms with Gasteiger partial charge in [-0.3, -0.25) is 0 Å². The molecule has 0 atom stereocenters. The zero-order valence-electron chi connectivity index (χ0n) is 7.58. The summed E-state index contributed by atoms with van der Waals surface area (Å²) in [6, 6.07) is 5.04. The van der Waals surface area contributed by atoms with E-state index in [-0.39, 0.29) is 5.57 Å². The van der Waals surface area contributed by atoms with Crippen LogP contribution in [-0.4, -0.2) is 18.2 Å². The summed E-state index contributed by atoms with van der Waals surface area (Å²) in [7, 11) is 1.55. The molecule has 0 saturated carbocycles. The largest absolute Gasteiger partial charge is 0.497 e. The van der Waals surface area contributed by atoms with Gasteiger partial charge < -0.3 is 9.84 Å². The Morgan fingerprint density at radius 1 is 1.57 bits per heavy atom. The first-order chi connectivity index (χ1) is 6.56. The van der Waals surface area contributed by atoms with E-state index in [1.165, 1.54) is 0 Å². The Hall–Kier alpha value is -1.29. The number of benzene rings is 1. The number of halogens is 1. The minimum atomic E-state index is -1.03. The van der Waals surface area contributed by atoms with Crippen molar-refractivity contribution in [3.63, 3.8) is 0 Å². The Bertz CT molecular complexity index is 385. The Balaban J connectivity index is 3.12. The number of carbonyl (C=O) groups is 1. The lowest BCUT2D eigenvalue weighted by molar-refractivity contribution is -0.130. The predicted octanol–water partition coefficient (Wildman–Crippen LogP) is 2.56. The summed E-state index contributed by atoms with van der Waals surface area (Å²) in [5.74, 6) is -0.366. The molecule has 4 heteroatoms. The van der Waals surface area contributed by atoms with Crippen molar-refractivity contribution < 1.29 is 14.6 Å². The van der Waals surface area contributed by atoms with Crippen LogP contribution in [0.4, 0.5) is 0 Å². The molecular weight excluding hydrogens is 248 g/mol. The van der Waals surface area contributed by atoms with Crippen molar-refractivity contribution in [2.45, 2.75) is 0 Å². The summed E-state index contributed by atoms with van der Waals surface area (Å²) < 4.78 is 5.64. The van der Waals surface area contributed by atoms with E-state index >= 15 is 0 Å². The second-order valence-electron chi connectivity index (χ2n) is 2.63. The Labute approximate surface area is 90.1 Å². The van der Waals surface area contributed by atoms with E-state index in [2.05, 4.69) is 22.5 Å². The van der Waals surface area contributed by atoms with E-state index in [9.17, 15) is 4.79 Å². The highest BCUT2D eigenvalue weighted by atomic mass is 79.9. The van der Waals surface area contributed by atoms with Gasteiger partial charge in [0.25, 0.3) is 0 Å². The SMILES string of the molecule is C=C(C(=O)O)c1ccc(OC)cc1Br. The zero-order chi connectivity index (χ0) is 10.7. The summed E-state index contributed by atoms with van der Waals surface area (Å²) in [6.45, 7) is 3.47. The fourth-order valence-corrected chi connectivity index (χ4v) is 1.58. The van der Waals surface area contributed by atoms with Gasteiger partial charge in [0.2, 0.25) is 0 Å². The molecule has 1 N–H and O–H groups in total. The standard InChI is InChI=1S/C10H9BrO3/c1-6(10(12)13)8-4-3-7(14-2)5-9(8)11/h3-5H,1H2,2H3,(H,12,13). The van der Waals surface area contributed by atoms with Gasteiger partial charge in [0, 0.05) is 10.0 Å². The number of methoxy groups -OCH3 is 1.